The van der Waals surface area contributed by atoms with Crippen molar-refractivity contribution < 1.29 is 4.52 Å². The lowest BCUT2D eigenvalue weighted by atomic mass is 10.0. The first-order chi connectivity index (χ1) is 4.52. The van der Waals surface area contributed by atoms with E-state index in [2.05, 4.69) is 5.16 Å². The first-order valence-electron chi connectivity index (χ1n) is 3.12. The smallest absolute Gasteiger partial charge is 0.129 e. The molecule has 0 N–H and O–H groups in total. The zero-order valence-electron chi connectivity index (χ0n) is 6.31. The van der Waals surface area contributed by atoms with Crippen LogP contribution in [0.4, 0.5) is 0 Å². The lowest BCUT2D eigenvalue weighted by Crippen LogP contribution is -2.07. The fourth-order valence-electron chi connectivity index (χ4n) is 0.863. The van der Waals surface area contributed by atoms with Gasteiger partial charge < -0.3 is 4.52 Å². The van der Waals surface area contributed by atoms with Crippen molar-refractivity contribution in [2.24, 2.45) is 0 Å². The van der Waals surface area contributed by atoms with E-state index in [-0.39, 0.29) is 4.87 Å². The van der Waals surface area contributed by atoms with Gasteiger partial charge in [0.15, 0.2) is 0 Å². The minimum absolute atomic E-state index is 0.371. The second kappa shape index (κ2) is 2.27. The van der Waals surface area contributed by atoms with Gasteiger partial charge in [0.25, 0.3) is 0 Å². The predicted molar refractivity (Wildman–Crippen MR) is 40.1 cm³/mol. The number of aromatic nitrogens is 1. The highest BCUT2D eigenvalue weighted by Gasteiger charge is 2.21. The van der Waals surface area contributed by atoms with Crippen LogP contribution < -0.4 is 0 Å². The Morgan fingerprint density at radius 2 is 2.20 bits per heavy atom. The summed E-state index contributed by atoms with van der Waals surface area (Å²) in [6.07, 6.45) is 1.59. The minimum atomic E-state index is -0.371. The Labute approximate surface area is 65.2 Å². The zero-order chi connectivity index (χ0) is 7.78. The number of alkyl halides is 1. The molecular formula is C7H10ClNO. The zero-order valence-corrected chi connectivity index (χ0v) is 7.07. The molecule has 0 aliphatic carbocycles. The highest BCUT2D eigenvalue weighted by Crippen LogP contribution is 2.29. The molecule has 1 heterocycles. The molecule has 0 saturated heterocycles. The molecule has 0 amide bonds. The number of hydrogen-bond donors (Lipinski definition) is 0. The monoisotopic (exact) mass is 159 g/mol. The van der Waals surface area contributed by atoms with E-state index in [9.17, 15) is 0 Å². The van der Waals surface area contributed by atoms with Crippen LogP contribution in [0.25, 0.3) is 0 Å². The molecule has 0 bridgehead atoms. The van der Waals surface area contributed by atoms with E-state index in [0.717, 1.165) is 11.3 Å². The molecular weight excluding hydrogens is 150 g/mol. The van der Waals surface area contributed by atoms with Gasteiger partial charge in [0.2, 0.25) is 0 Å². The van der Waals surface area contributed by atoms with Gasteiger partial charge in [-0.3, -0.25) is 0 Å². The van der Waals surface area contributed by atoms with Crippen molar-refractivity contribution in [3.8, 4) is 0 Å². The van der Waals surface area contributed by atoms with Crippen molar-refractivity contribution in [3.63, 3.8) is 0 Å². The molecule has 1 aromatic rings. The Kier molecular flexibility index (Phi) is 1.73. The lowest BCUT2D eigenvalue weighted by molar-refractivity contribution is 0.413. The summed E-state index contributed by atoms with van der Waals surface area (Å²) < 4.78 is 4.74. The van der Waals surface area contributed by atoms with E-state index >= 15 is 0 Å². The first kappa shape index (κ1) is 7.61. The number of hydrogen-bond acceptors (Lipinski definition) is 2. The second-order valence-electron chi connectivity index (χ2n) is 2.79. The third-order valence-electron chi connectivity index (χ3n) is 1.39. The average molecular weight is 160 g/mol. The van der Waals surface area contributed by atoms with Crippen molar-refractivity contribution in [2.75, 3.05) is 0 Å². The average Bonchev–Trinajstić information content (AvgIpc) is 2.11. The molecule has 1 rings (SSSR count). The van der Waals surface area contributed by atoms with Crippen LogP contribution in [0.2, 0.25) is 0 Å². The first-order valence-corrected chi connectivity index (χ1v) is 3.50. The highest BCUT2D eigenvalue weighted by molar-refractivity contribution is 6.23. The Bertz CT molecular complexity index is 224. The van der Waals surface area contributed by atoms with E-state index < -0.39 is 0 Å². The Morgan fingerprint density at radius 3 is 2.40 bits per heavy atom. The van der Waals surface area contributed by atoms with Gasteiger partial charge in [-0.1, -0.05) is 5.16 Å². The number of halogens is 1. The normalized spacial score (nSPS) is 12.0. The van der Waals surface area contributed by atoms with Gasteiger partial charge in [-0.15, -0.1) is 11.6 Å². The summed E-state index contributed by atoms with van der Waals surface area (Å²) in [6.45, 7) is 5.70. The number of rotatable bonds is 1. The van der Waals surface area contributed by atoms with E-state index in [1.54, 1.807) is 6.26 Å². The van der Waals surface area contributed by atoms with Crippen molar-refractivity contribution >= 4 is 11.6 Å². The molecule has 56 valence electrons. The molecule has 0 unspecified atom stereocenters. The van der Waals surface area contributed by atoms with Crippen molar-refractivity contribution in [1.29, 1.82) is 0 Å². The Morgan fingerprint density at radius 1 is 1.60 bits per heavy atom. The van der Waals surface area contributed by atoms with Gasteiger partial charge in [0.05, 0.1) is 10.6 Å². The van der Waals surface area contributed by atoms with Gasteiger partial charge in [-0.05, 0) is 20.8 Å². The highest BCUT2D eigenvalue weighted by atomic mass is 35.5. The van der Waals surface area contributed by atoms with Crippen LogP contribution >= 0.6 is 11.6 Å². The Balaban J connectivity index is 3.05. The van der Waals surface area contributed by atoms with Crippen molar-refractivity contribution in [2.45, 2.75) is 25.6 Å². The largest absolute Gasteiger partial charge is 0.364 e. The van der Waals surface area contributed by atoms with Crippen LogP contribution in [0.3, 0.4) is 0 Å². The molecule has 0 spiro atoms. The molecule has 1 aromatic heterocycles. The summed E-state index contributed by atoms with van der Waals surface area (Å²) in [4.78, 5) is -0.371. The summed E-state index contributed by atoms with van der Waals surface area (Å²) in [7, 11) is 0. The standard InChI is InChI=1S/C7H10ClNO/c1-5-6(4-10-9-5)7(2,3)8/h4H,1-3H3. The van der Waals surface area contributed by atoms with Crippen molar-refractivity contribution in [3.05, 3.63) is 17.5 Å². The second-order valence-corrected chi connectivity index (χ2v) is 3.73. The van der Waals surface area contributed by atoms with Crippen LogP contribution in [-0.4, -0.2) is 5.16 Å². The molecule has 0 radical (unpaired) electrons. The molecule has 0 aliphatic rings. The van der Waals surface area contributed by atoms with Crippen LogP contribution in [0.5, 0.6) is 0 Å². The minimum Gasteiger partial charge on any atom is -0.364 e. The third-order valence-corrected chi connectivity index (χ3v) is 1.59. The van der Waals surface area contributed by atoms with E-state index in [0.29, 0.717) is 0 Å². The fraction of sp³-hybridized carbons (Fsp3) is 0.571. The number of aryl methyl sites for hydroxylation is 1. The van der Waals surface area contributed by atoms with Crippen LogP contribution in [-0.2, 0) is 4.87 Å². The molecule has 0 atom stereocenters. The predicted octanol–water partition coefficient (Wildman–Crippen LogP) is 2.46. The lowest BCUT2D eigenvalue weighted by Gasteiger charge is -2.12. The van der Waals surface area contributed by atoms with Crippen LogP contribution in [0.15, 0.2) is 10.8 Å². The maximum atomic E-state index is 6.01. The molecule has 0 saturated carbocycles. The maximum absolute atomic E-state index is 6.01. The molecule has 0 aromatic carbocycles. The quantitative estimate of drug-likeness (QED) is 0.589. The third kappa shape index (κ3) is 1.32. The summed E-state index contributed by atoms with van der Waals surface area (Å²) in [6, 6.07) is 0. The molecule has 10 heavy (non-hydrogen) atoms. The van der Waals surface area contributed by atoms with Crippen LogP contribution in [0, 0.1) is 6.92 Å². The molecule has 2 nitrogen and oxygen atoms in total. The van der Waals surface area contributed by atoms with Gasteiger partial charge >= 0.3 is 0 Å². The van der Waals surface area contributed by atoms with Crippen molar-refractivity contribution in [1.82, 2.24) is 5.16 Å². The van der Waals surface area contributed by atoms with E-state index in [1.165, 1.54) is 0 Å². The van der Waals surface area contributed by atoms with E-state index in [4.69, 9.17) is 16.1 Å². The maximum Gasteiger partial charge on any atom is 0.129 e. The SMILES string of the molecule is Cc1nocc1C(C)(C)Cl. The van der Waals surface area contributed by atoms with Gasteiger partial charge in [0, 0.05) is 5.56 Å². The van der Waals surface area contributed by atoms with Gasteiger partial charge in [-0.25, -0.2) is 0 Å². The summed E-state index contributed by atoms with van der Waals surface area (Å²) in [5.41, 5.74) is 1.81. The van der Waals surface area contributed by atoms with Gasteiger partial charge in [-0.2, -0.15) is 0 Å². The summed E-state index contributed by atoms with van der Waals surface area (Å²) in [5.74, 6) is 0. The molecule has 0 aliphatic heterocycles. The topological polar surface area (TPSA) is 26.0 Å². The summed E-state index contributed by atoms with van der Waals surface area (Å²) in [5, 5.41) is 3.72. The van der Waals surface area contributed by atoms with E-state index in [1.807, 2.05) is 20.8 Å². The number of nitrogens with zero attached hydrogens (tertiary/aromatic N) is 1. The molecule has 0 fully saturated rings. The Hall–Kier alpha value is -0.500. The summed E-state index contributed by atoms with van der Waals surface area (Å²) >= 11 is 6.01. The van der Waals surface area contributed by atoms with Gasteiger partial charge in [0.1, 0.15) is 6.26 Å². The van der Waals surface area contributed by atoms with Crippen LogP contribution in [0.1, 0.15) is 25.1 Å². The fourth-order valence-corrected chi connectivity index (χ4v) is 1.04. The molecule has 3 heteroatoms.